The molecule has 1 heterocycles. The molecule has 0 bridgehead atoms. The van der Waals surface area contributed by atoms with Gasteiger partial charge in [-0.2, -0.15) is 12.6 Å². The molecule has 0 radical (unpaired) electrons. The van der Waals surface area contributed by atoms with Crippen LogP contribution in [0.15, 0.2) is 30.5 Å². The first kappa shape index (κ1) is 28.1. The van der Waals surface area contributed by atoms with Crippen molar-refractivity contribution in [3.8, 4) is 0 Å². The smallest absolute Gasteiger partial charge is 0.326 e. The van der Waals surface area contributed by atoms with Crippen molar-refractivity contribution in [2.24, 2.45) is 11.5 Å². The third kappa shape index (κ3) is 8.26. The minimum Gasteiger partial charge on any atom is -0.480 e. The molecule has 0 aliphatic rings. The van der Waals surface area contributed by atoms with E-state index in [0.717, 1.165) is 22.9 Å². The molecule has 3 amide bonds. The number of unbranched alkanes of at least 4 members (excludes halogenated alkanes) is 1. The quantitative estimate of drug-likeness (QED) is 0.127. The Labute approximate surface area is 209 Å². The molecule has 0 aliphatic heterocycles. The Hall–Kier alpha value is -3.09. The van der Waals surface area contributed by atoms with Crippen molar-refractivity contribution in [2.45, 2.75) is 56.8 Å². The summed E-state index contributed by atoms with van der Waals surface area (Å²) in [7, 11) is 0. The lowest BCUT2D eigenvalue weighted by atomic mass is 10.0. The number of carboxylic acid groups (broad SMARTS) is 1. The number of benzene rings is 1. The zero-order valence-corrected chi connectivity index (χ0v) is 20.5. The number of hydrogen-bond acceptors (Lipinski definition) is 7. The Bertz CT molecular complexity index is 1030. The summed E-state index contributed by atoms with van der Waals surface area (Å²) in [5, 5.41) is 18.0. The number of carboxylic acids is 1. The van der Waals surface area contributed by atoms with Gasteiger partial charge in [0.05, 0.1) is 6.04 Å². The number of amides is 3. The molecule has 0 spiro atoms. The van der Waals surface area contributed by atoms with E-state index in [1.54, 1.807) is 6.20 Å². The van der Waals surface area contributed by atoms with Crippen molar-refractivity contribution in [2.75, 3.05) is 12.3 Å². The van der Waals surface area contributed by atoms with E-state index >= 15 is 0 Å². The normalized spacial score (nSPS) is 14.5. The molecule has 35 heavy (non-hydrogen) atoms. The van der Waals surface area contributed by atoms with E-state index in [4.69, 9.17) is 11.5 Å². The number of carbonyl (C=O) groups is 4. The van der Waals surface area contributed by atoms with Crippen molar-refractivity contribution in [1.29, 1.82) is 0 Å². The highest BCUT2D eigenvalue weighted by molar-refractivity contribution is 7.80. The second-order valence-electron chi connectivity index (χ2n) is 8.33. The first-order valence-electron chi connectivity index (χ1n) is 11.4. The number of H-pyrrole nitrogens is 1. The maximum absolute atomic E-state index is 12.6. The topological polar surface area (TPSA) is 192 Å². The predicted molar refractivity (Wildman–Crippen MR) is 136 cm³/mol. The van der Waals surface area contributed by atoms with E-state index in [9.17, 15) is 24.3 Å². The number of fused-ring (bicyclic) bond motifs is 1. The highest BCUT2D eigenvalue weighted by Crippen LogP contribution is 2.19. The minimum atomic E-state index is -1.20. The predicted octanol–water partition coefficient (Wildman–Crippen LogP) is -0.345. The maximum atomic E-state index is 12.6. The zero-order chi connectivity index (χ0) is 26.0. The molecule has 2 rings (SSSR count). The number of aliphatic carboxylic acids is 1. The number of thiol groups is 1. The summed E-state index contributed by atoms with van der Waals surface area (Å²) in [4.78, 5) is 52.4. The van der Waals surface area contributed by atoms with Crippen LogP contribution in [0.4, 0.5) is 0 Å². The van der Waals surface area contributed by atoms with Gasteiger partial charge in [0, 0.05) is 29.3 Å². The lowest BCUT2D eigenvalue weighted by Gasteiger charge is -2.22. The molecule has 0 aliphatic carbocycles. The average molecular weight is 507 g/mol. The van der Waals surface area contributed by atoms with Gasteiger partial charge in [0.1, 0.15) is 18.1 Å². The molecule has 0 fully saturated rings. The van der Waals surface area contributed by atoms with Gasteiger partial charge in [-0.3, -0.25) is 14.4 Å². The Morgan fingerprint density at radius 2 is 1.71 bits per heavy atom. The summed E-state index contributed by atoms with van der Waals surface area (Å²) < 4.78 is 0. The van der Waals surface area contributed by atoms with Crippen LogP contribution in [0.1, 0.15) is 31.7 Å². The Morgan fingerprint density at radius 1 is 1.03 bits per heavy atom. The van der Waals surface area contributed by atoms with Gasteiger partial charge in [0.25, 0.3) is 0 Å². The van der Waals surface area contributed by atoms with Gasteiger partial charge in [0.2, 0.25) is 17.7 Å². The number of nitrogens with one attached hydrogen (secondary N) is 4. The van der Waals surface area contributed by atoms with Gasteiger partial charge in [-0.1, -0.05) is 24.6 Å². The highest BCUT2D eigenvalue weighted by Gasteiger charge is 2.28. The molecule has 12 heteroatoms. The first-order valence-corrected chi connectivity index (χ1v) is 12.1. The van der Waals surface area contributed by atoms with Gasteiger partial charge < -0.3 is 37.5 Å². The van der Waals surface area contributed by atoms with Crippen molar-refractivity contribution in [3.05, 3.63) is 36.0 Å². The number of carbonyl (C=O) groups excluding carboxylic acids is 3. The summed E-state index contributed by atoms with van der Waals surface area (Å²) in [6.45, 7) is 1.92. The fourth-order valence-corrected chi connectivity index (χ4v) is 3.77. The van der Waals surface area contributed by atoms with Gasteiger partial charge >= 0.3 is 5.97 Å². The van der Waals surface area contributed by atoms with Crippen LogP contribution in [0.5, 0.6) is 0 Å². The fourth-order valence-electron chi connectivity index (χ4n) is 3.51. The van der Waals surface area contributed by atoms with Crippen molar-refractivity contribution in [1.82, 2.24) is 20.9 Å². The highest BCUT2D eigenvalue weighted by atomic mass is 32.1. The van der Waals surface area contributed by atoms with Crippen LogP contribution in [-0.2, 0) is 25.6 Å². The molecule has 4 unspecified atom stereocenters. The van der Waals surface area contributed by atoms with Crippen LogP contribution in [0, 0.1) is 0 Å². The summed E-state index contributed by atoms with van der Waals surface area (Å²) in [5.41, 5.74) is 12.9. The molecular formula is C23H34N6O5S. The Balaban J connectivity index is 1.93. The van der Waals surface area contributed by atoms with Crippen LogP contribution in [0.3, 0.4) is 0 Å². The second kappa shape index (κ2) is 13.7. The van der Waals surface area contributed by atoms with Crippen LogP contribution < -0.4 is 27.4 Å². The monoisotopic (exact) mass is 506 g/mol. The molecule has 1 aromatic carbocycles. The number of hydrogen-bond donors (Lipinski definition) is 8. The van der Waals surface area contributed by atoms with Crippen LogP contribution in [0.2, 0.25) is 0 Å². The van der Waals surface area contributed by atoms with E-state index in [2.05, 4.69) is 33.6 Å². The lowest BCUT2D eigenvalue weighted by molar-refractivity contribution is -0.142. The Kier molecular flexibility index (Phi) is 11.0. The van der Waals surface area contributed by atoms with E-state index in [1.807, 2.05) is 24.3 Å². The largest absolute Gasteiger partial charge is 0.480 e. The number of aromatic amines is 1. The van der Waals surface area contributed by atoms with E-state index in [1.165, 1.54) is 6.92 Å². The third-order valence-electron chi connectivity index (χ3n) is 5.59. The summed E-state index contributed by atoms with van der Waals surface area (Å²) >= 11 is 4.10. The molecule has 11 nitrogen and oxygen atoms in total. The minimum absolute atomic E-state index is 0.0141. The van der Waals surface area contributed by atoms with Crippen LogP contribution in [-0.4, -0.2) is 70.2 Å². The average Bonchev–Trinajstić information content (AvgIpc) is 3.24. The van der Waals surface area contributed by atoms with Gasteiger partial charge in [0.15, 0.2) is 0 Å². The summed E-state index contributed by atoms with van der Waals surface area (Å²) in [6.07, 6.45) is 3.61. The van der Waals surface area contributed by atoms with Crippen molar-refractivity contribution < 1.29 is 24.3 Å². The van der Waals surface area contributed by atoms with Crippen molar-refractivity contribution >= 4 is 47.2 Å². The molecule has 0 saturated heterocycles. The Morgan fingerprint density at radius 3 is 2.37 bits per heavy atom. The fraction of sp³-hybridized carbons (Fsp3) is 0.478. The van der Waals surface area contributed by atoms with Crippen LogP contribution in [0.25, 0.3) is 10.9 Å². The SMILES string of the molecule is CC(NC(=O)C(CS)NC(=O)C(N)CCCCN)C(=O)NC(Cc1c[nH]c2ccccc12)C(=O)O. The molecule has 192 valence electrons. The van der Waals surface area contributed by atoms with E-state index in [0.29, 0.717) is 19.4 Å². The summed E-state index contributed by atoms with van der Waals surface area (Å²) in [5.74, 6) is -3.02. The van der Waals surface area contributed by atoms with E-state index in [-0.39, 0.29) is 12.2 Å². The van der Waals surface area contributed by atoms with Gasteiger partial charge in [-0.25, -0.2) is 4.79 Å². The lowest BCUT2D eigenvalue weighted by Crippen LogP contribution is -2.57. The first-order chi connectivity index (χ1) is 16.7. The standard InChI is InChI=1S/C23H34N6O5S/c1-13(27-22(32)19(12-35)29-21(31)16(25)7-4-5-9-24)20(30)28-18(23(33)34)10-14-11-26-17-8-3-2-6-15(14)17/h2-3,6,8,11,13,16,18-19,26,35H,4-5,7,9-10,12,24-25H2,1H3,(H,27,32)(H,28,30)(H,29,31)(H,33,34). The number of rotatable bonds is 14. The molecule has 1 aromatic heterocycles. The molecular weight excluding hydrogens is 472 g/mol. The molecule has 0 saturated carbocycles. The second-order valence-corrected chi connectivity index (χ2v) is 8.69. The third-order valence-corrected chi connectivity index (χ3v) is 5.95. The van der Waals surface area contributed by atoms with Crippen molar-refractivity contribution in [3.63, 3.8) is 0 Å². The van der Waals surface area contributed by atoms with Gasteiger partial charge in [-0.05, 0) is 37.9 Å². The molecule has 4 atom stereocenters. The van der Waals surface area contributed by atoms with Crippen LogP contribution >= 0.6 is 12.6 Å². The summed E-state index contributed by atoms with van der Waals surface area (Å²) in [6, 6.07) is 3.38. The maximum Gasteiger partial charge on any atom is 0.326 e. The number of para-hydroxylation sites is 1. The number of aromatic nitrogens is 1. The molecule has 9 N–H and O–H groups in total. The number of nitrogens with two attached hydrogens (primary N) is 2. The van der Waals surface area contributed by atoms with Gasteiger partial charge in [-0.15, -0.1) is 0 Å². The zero-order valence-electron chi connectivity index (χ0n) is 19.6. The van der Waals surface area contributed by atoms with E-state index < -0.39 is 47.9 Å². The molecule has 2 aromatic rings.